The van der Waals surface area contributed by atoms with Gasteiger partial charge in [-0.05, 0) is 72.5 Å². The Bertz CT molecular complexity index is 520. The van der Waals surface area contributed by atoms with Crippen LogP contribution in [0, 0.1) is 34.0 Å². The minimum absolute atomic E-state index is 0.131. The standard InChI is InChI=1S/C21H34O2/c1-14-7-8-17-20(4,15(14)13-18(22)23)12-9-16-19(2,3)10-6-11-21(16,17)5/h15-17H,1,6-13H2,2-5H3,(H,22,23). The zero-order valence-corrected chi connectivity index (χ0v) is 15.5. The fourth-order valence-electron chi connectivity index (χ4n) is 7.29. The summed E-state index contributed by atoms with van der Waals surface area (Å²) < 4.78 is 0. The molecule has 0 aromatic rings. The maximum atomic E-state index is 11.5. The van der Waals surface area contributed by atoms with Gasteiger partial charge in [0.25, 0.3) is 0 Å². The summed E-state index contributed by atoms with van der Waals surface area (Å²) in [5.74, 6) is 0.956. The van der Waals surface area contributed by atoms with Gasteiger partial charge in [-0.25, -0.2) is 0 Å². The van der Waals surface area contributed by atoms with Gasteiger partial charge < -0.3 is 5.11 Å². The van der Waals surface area contributed by atoms with E-state index in [1.165, 1.54) is 44.1 Å². The molecule has 130 valence electrons. The number of fused-ring (bicyclic) bond motifs is 3. The van der Waals surface area contributed by atoms with E-state index in [1.807, 2.05) is 0 Å². The van der Waals surface area contributed by atoms with Gasteiger partial charge in [0.15, 0.2) is 0 Å². The Morgan fingerprint density at radius 2 is 1.78 bits per heavy atom. The first kappa shape index (κ1) is 17.0. The van der Waals surface area contributed by atoms with E-state index in [9.17, 15) is 9.90 Å². The maximum Gasteiger partial charge on any atom is 0.303 e. The number of carboxylic acid groups (broad SMARTS) is 1. The lowest BCUT2D eigenvalue weighted by Gasteiger charge is -2.66. The summed E-state index contributed by atoms with van der Waals surface area (Å²) in [6.45, 7) is 14.1. The quantitative estimate of drug-likeness (QED) is 0.665. The van der Waals surface area contributed by atoms with Gasteiger partial charge in [-0.2, -0.15) is 0 Å². The molecular weight excluding hydrogens is 284 g/mol. The van der Waals surface area contributed by atoms with Gasteiger partial charge in [0.1, 0.15) is 0 Å². The van der Waals surface area contributed by atoms with Crippen molar-refractivity contribution in [1.29, 1.82) is 0 Å². The van der Waals surface area contributed by atoms with Gasteiger partial charge in [-0.15, -0.1) is 0 Å². The molecule has 0 aromatic heterocycles. The van der Waals surface area contributed by atoms with E-state index in [2.05, 4.69) is 34.3 Å². The van der Waals surface area contributed by atoms with Crippen molar-refractivity contribution in [1.82, 2.24) is 0 Å². The lowest BCUT2D eigenvalue weighted by molar-refractivity contribution is -0.160. The smallest absolute Gasteiger partial charge is 0.303 e. The number of hydrogen-bond acceptors (Lipinski definition) is 1. The lowest BCUT2D eigenvalue weighted by atomic mass is 9.39. The monoisotopic (exact) mass is 318 g/mol. The highest BCUT2D eigenvalue weighted by Gasteiger charge is 2.61. The van der Waals surface area contributed by atoms with Crippen molar-refractivity contribution in [3.05, 3.63) is 12.2 Å². The predicted molar refractivity (Wildman–Crippen MR) is 94.2 cm³/mol. The molecule has 3 aliphatic rings. The molecule has 3 rings (SSSR count). The molecule has 3 fully saturated rings. The second-order valence-electron chi connectivity index (χ2n) is 9.84. The SMILES string of the molecule is C=C1CCC2C(C)(CCC3C(C)(C)CCCC32C)C1CC(=O)O. The van der Waals surface area contributed by atoms with Crippen molar-refractivity contribution in [3.8, 4) is 0 Å². The fraction of sp³-hybridized carbons (Fsp3) is 0.857. The van der Waals surface area contributed by atoms with Crippen LogP contribution in [-0.4, -0.2) is 11.1 Å². The first-order valence-electron chi connectivity index (χ1n) is 9.51. The summed E-state index contributed by atoms with van der Waals surface area (Å²) >= 11 is 0. The highest BCUT2D eigenvalue weighted by molar-refractivity contribution is 5.67. The highest BCUT2D eigenvalue weighted by Crippen LogP contribution is 2.69. The Kier molecular flexibility index (Phi) is 3.97. The lowest BCUT2D eigenvalue weighted by Crippen LogP contribution is -2.58. The molecule has 0 amide bonds. The molecule has 2 nitrogen and oxygen atoms in total. The highest BCUT2D eigenvalue weighted by atomic mass is 16.4. The summed E-state index contributed by atoms with van der Waals surface area (Å²) in [7, 11) is 0. The van der Waals surface area contributed by atoms with Crippen molar-refractivity contribution < 1.29 is 9.90 Å². The third-order valence-electron chi connectivity index (χ3n) is 8.26. The first-order valence-corrected chi connectivity index (χ1v) is 9.51. The number of hydrogen-bond donors (Lipinski definition) is 1. The Hall–Kier alpha value is -0.790. The molecule has 5 unspecified atom stereocenters. The van der Waals surface area contributed by atoms with Crippen LogP contribution in [-0.2, 0) is 4.79 Å². The van der Waals surface area contributed by atoms with Gasteiger partial charge in [0.05, 0.1) is 6.42 Å². The Morgan fingerprint density at radius 1 is 1.09 bits per heavy atom. The summed E-state index contributed by atoms with van der Waals surface area (Å²) in [4.78, 5) is 11.5. The average molecular weight is 319 g/mol. The molecule has 0 bridgehead atoms. The molecule has 0 spiro atoms. The van der Waals surface area contributed by atoms with Gasteiger partial charge in [-0.1, -0.05) is 46.3 Å². The Morgan fingerprint density at radius 3 is 2.43 bits per heavy atom. The number of carbonyl (C=O) groups is 1. The second-order valence-corrected chi connectivity index (χ2v) is 9.84. The summed E-state index contributed by atoms with van der Waals surface area (Å²) in [5.41, 5.74) is 2.15. The molecule has 1 N–H and O–H groups in total. The van der Waals surface area contributed by atoms with Crippen molar-refractivity contribution in [3.63, 3.8) is 0 Å². The van der Waals surface area contributed by atoms with E-state index in [0.717, 1.165) is 12.3 Å². The molecule has 0 aromatic carbocycles. The normalized spacial score (nSPS) is 45.9. The minimum atomic E-state index is -0.658. The summed E-state index contributed by atoms with van der Waals surface area (Å²) in [5, 5.41) is 9.43. The van der Waals surface area contributed by atoms with Crippen LogP contribution in [0.4, 0.5) is 0 Å². The molecule has 0 radical (unpaired) electrons. The van der Waals surface area contributed by atoms with Crippen molar-refractivity contribution in [2.24, 2.45) is 34.0 Å². The van der Waals surface area contributed by atoms with Crippen LogP contribution >= 0.6 is 0 Å². The zero-order chi connectivity index (χ0) is 17.0. The molecule has 0 aliphatic heterocycles. The van der Waals surface area contributed by atoms with Crippen LogP contribution in [0.15, 0.2) is 12.2 Å². The van der Waals surface area contributed by atoms with Gasteiger partial charge >= 0.3 is 5.97 Å². The summed E-state index contributed by atoms with van der Waals surface area (Å²) in [6.07, 6.45) is 8.97. The van der Waals surface area contributed by atoms with E-state index in [0.29, 0.717) is 16.7 Å². The Labute approximate surface area is 141 Å². The van der Waals surface area contributed by atoms with Crippen molar-refractivity contribution in [2.45, 2.75) is 79.1 Å². The van der Waals surface area contributed by atoms with Gasteiger partial charge in [0.2, 0.25) is 0 Å². The molecule has 0 saturated heterocycles. The number of carboxylic acids is 1. The molecular formula is C21H34O2. The zero-order valence-electron chi connectivity index (χ0n) is 15.5. The average Bonchev–Trinajstić information content (AvgIpc) is 2.41. The molecule has 23 heavy (non-hydrogen) atoms. The minimum Gasteiger partial charge on any atom is -0.481 e. The molecule has 2 heteroatoms. The van der Waals surface area contributed by atoms with Crippen molar-refractivity contribution in [2.75, 3.05) is 0 Å². The van der Waals surface area contributed by atoms with Gasteiger partial charge in [-0.3, -0.25) is 4.79 Å². The number of rotatable bonds is 2. The van der Waals surface area contributed by atoms with E-state index >= 15 is 0 Å². The molecule has 0 heterocycles. The predicted octanol–water partition coefficient (Wildman–Crippen LogP) is 5.68. The largest absolute Gasteiger partial charge is 0.481 e. The van der Waals surface area contributed by atoms with Crippen LogP contribution in [0.2, 0.25) is 0 Å². The number of allylic oxidation sites excluding steroid dienone is 1. The fourth-order valence-corrected chi connectivity index (χ4v) is 7.29. The molecule has 3 saturated carbocycles. The van der Waals surface area contributed by atoms with Gasteiger partial charge in [0, 0.05) is 0 Å². The molecule has 3 aliphatic carbocycles. The van der Waals surface area contributed by atoms with E-state index in [4.69, 9.17) is 0 Å². The number of aliphatic carboxylic acids is 1. The third kappa shape index (κ3) is 2.48. The Balaban J connectivity index is 1.99. The first-order chi connectivity index (χ1) is 10.6. The van der Waals surface area contributed by atoms with Crippen molar-refractivity contribution >= 4 is 5.97 Å². The van der Waals surface area contributed by atoms with Crippen LogP contribution in [0.5, 0.6) is 0 Å². The summed E-state index contributed by atoms with van der Waals surface area (Å²) in [6, 6.07) is 0. The van der Waals surface area contributed by atoms with Crippen LogP contribution in [0.25, 0.3) is 0 Å². The molecule has 5 atom stereocenters. The maximum absolute atomic E-state index is 11.5. The van der Waals surface area contributed by atoms with E-state index in [1.54, 1.807) is 0 Å². The topological polar surface area (TPSA) is 37.3 Å². The van der Waals surface area contributed by atoms with Crippen LogP contribution in [0.1, 0.15) is 79.1 Å². The second kappa shape index (κ2) is 5.36. The van der Waals surface area contributed by atoms with E-state index in [-0.39, 0.29) is 17.8 Å². The third-order valence-corrected chi connectivity index (χ3v) is 8.26. The van der Waals surface area contributed by atoms with Crippen LogP contribution < -0.4 is 0 Å². The van der Waals surface area contributed by atoms with E-state index < -0.39 is 5.97 Å². The van der Waals surface area contributed by atoms with Crippen LogP contribution in [0.3, 0.4) is 0 Å².